The number of nitrogens with one attached hydrogen (secondary N) is 1. The fourth-order valence-corrected chi connectivity index (χ4v) is 3.99. The highest BCUT2D eigenvalue weighted by molar-refractivity contribution is 8.00. The van der Waals surface area contributed by atoms with Crippen molar-refractivity contribution in [3.05, 3.63) is 41.1 Å². The van der Waals surface area contributed by atoms with Crippen LogP contribution in [0.3, 0.4) is 0 Å². The van der Waals surface area contributed by atoms with Gasteiger partial charge in [0.15, 0.2) is 0 Å². The van der Waals surface area contributed by atoms with Crippen LogP contribution in [0.15, 0.2) is 24.3 Å². The van der Waals surface area contributed by atoms with Crippen LogP contribution in [0.2, 0.25) is 0 Å². The molecule has 0 spiro atoms. The molecule has 5 nitrogen and oxygen atoms in total. The van der Waals surface area contributed by atoms with Crippen LogP contribution < -0.4 is 10.1 Å². The standard InChI is InChI=1S/C17H21N3O2S/c1-10(2)22-13-7-5-12(6-8-13)16-15-11(3)19-20(4)17(15)18-14(21)9-23-16/h5-8,10,16H,9H2,1-4H3,(H,18,21). The van der Waals surface area contributed by atoms with Crippen molar-refractivity contribution in [2.45, 2.75) is 32.1 Å². The Morgan fingerprint density at radius 3 is 2.70 bits per heavy atom. The van der Waals surface area contributed by atoms with Crippen LogP contribution in [0.4, 0.5) is 5.82 Å². The van der Waals surface area contributed by atoms with Gasteiger partial charge in [0.2, 0.25) is 5.91 Å². The van der Waals surface area contributed by atoms with Crippen molar-refractivity contribution < 1.29 is 9.53 Å². The average molecular weight is 331 g/mol. The maximum absolute atomic E-state index is 12.0. The van der Waals surface area contributed by atoms with Gasteiger partial charge in [0.1, 0.15) is 11.6 Å². The van der Waals surface area contributed by atoms with Crippen LogP contribution in [0.25, 0.3) is 0 Å². The van der Waals surface area contributed by atoms with Gasteiger partial charge in [-0.2, -0.15) is 5.10 Å². The second-order valence-corrected chi connectivity index (χ2v) is 7.04. The van der Waals surface area contributed by atoms with Crippen LogP contribution in [0.5, 0.6) is 5.75 Å². The molecule has 1 aromatic heterocycles. The summed E-state index contributed by atoms with van der Waals surface area (Å²) in [7, 11) is 1.86. The lowest BCUT2D eigenvalue weighted by Crippen LogP contribution is -2.15. The number of carbonyl (C=O) groups is 1. The maximum atomic E-state index is 12.0. The van der Waals surface area contributed by atoms with Gasteiger partial charge < -0.3 is 10.1 Å². The van der Waals surface area contributed by atoms with E-state index in [0.29, 0.717) is 5.75 Å². The number of anilines is 1. The number of fused-ring (bicyclic) bond motifs is 1. The molecule has 2 aromatic rings. The molecule has 0 bridgehead atoms. The molecule has 1 amide bonds. The smallest absolute Gasteiger partial charge is 0.235 e. The number of aromatic nitrogens is 2. The van der Waals surface area contributed by atoms with Gasteiger partial charge >= 0.3 is 0 Å². The van der Waals surface area contributed by atoms with E-state index < -0.39 is 0 Å². The fraction of sp³-hybridized carbons (Fsp3) is 0.412. The predicted molar refractivity (Wildman–Crippen MR) is 93.1 cm³/mol. The largest absolute Gasteiger partial charge is 0.491 e. The summed E-state index contributed by atoms with van der Waals surface area (Å²) in [6, 6.07) is 8.12. The summed E-state index contributed by atoms with van der Waals surface area (Å²) in [4.78, 5) is 12.0. The Bertz CT molecular complexity index is 722. The lowest BCUT2D eigenvalue weighted by molar-refractivity contribution is -0.113. The number of nitrogens with zero attached hydrogens (tertiary/aromatic N) is 2. The van der Waals surface area contributed by atoms with Crippen molar-refractivity contribution in [2.75, 3.05) is 11.1 Å². The first-order valence-corrected chi connectivity index (χ1v) is 8.72. The molecule has 2 heterocycles. The van der Waals surface area contributed by atoms with Crippen molar-refractivity contribution >= 4 is 23.5 Å². The molecule has 0 saturated carbocycles. The molecule has 1 unspecified atom stereocenters. The number of aryl methyl sites for hydroxylation is 2. The molecular weight excluding hydrogens is 310 g/mol. The molecule has 122 valence electrons. The Morgan fingerprint density at radius 2 is 2.04 bits per heavy atom. The molecular formula is C17H21N3O2S. The number of hydrogen-bond acceptors (Lipinski definition) is 4. The van der Waals surface area contributed by atoms with Crippen LogP contribution >= 0.6 is 11.8 Å². The maximum Gasteiger partial charge on any atom is 0.235 e. The topological polar surface area (TPSA) is 56.2 Å². The van der Waals surface area contributed by atoms with Crippen LogP contribution in [0, 0.1) is 6.92 Å². The van der Waals surface area contributed by atoms with Gasteiger partial charge in [-0.1, -0.05) is 12.1 Å². The van der Waals surface area contributed by atoms with Crippen molar-refractivity contribution in [1.82, 2.24) is 9.78 Å². The zero-order valence-corrected chi connectivity index (χ0v) is 14.6. The Hall–Kier alpha value is -1.95. The van der Waals surface area contributed by atoms with Crippen LogP contribution in [-0.4, -0.2) is 27.5 Å². The third kappa shape index (κ3) is 3.22. The number of amides is 1. The van der Waals surface area contributed by atoms with E-state index in [0.717, 1.165) is 28.4 Å². The van der Waals surface area contributed by atoms with Crippen molar-refractivity contribution in [3.8, 4) is 5.75 Å². The number of ether oxygens (including phenoxy) is 1. The zero-order chi connectivity index (χ0) is 16.6. The van der Waals surface area contributed by atoms with E-state index in [9.17, 15) is 4.79 Å². The third-order valence-corrected chi connectivity index (χ3v) is 4.99. The van der Waals surface area contributed by atoms with E-state index in [2.05, 4.69) is 22.5 Å². The second-order valence-electron chi connectivity index (χ2n) is 5.95. The zero-order valence-electron chi connectivity index (χ0n) is 13.8. The molecule has 6 heteroatoms. The van der Waals surface area contributed by atoms with Gasteiger partial charge in [0.25, 0.3) is 0 Å². The Morgan fingerprint density at radius 1 is 1.35 bits per heavy atom. The molecule has 3 rings (SSSR count). The van der Waals surface area contributed by atoms with Crippen molar-refractivity contribution in [2.24, 2.45) is 7.05 Å². The van der Waals surface area contributed by atoms with Gasteiger partial charge in [-0.15, -0.1) is 11.8 Å². The van der Waals surface area contributed by atoms with E-state index in [1.54, 1.807) is 16.4 Å². The van der Waals surface area contributed by atoms with E-state index in [1.807, 2.05) is 40.0 Å². The highest BCUT2D eigenvalue weighted by Gasteiger charge is 2.29. The Balaban J connectivity index is 1.98. The summed E-state index contributed by atoms with van der Waals surface area (Å²) in [6.07, 6.45) is 0.155. The normalized spacial score (nSPS) is 17.6. The number of thioether (sulfide) groups is 1. The molecule has 0 fully saturated rings. The lowest BCUT2D eigenvalue weighted by Gasteiger charge is -2.16. The average Bonchev–Trinajstić information content (AvgIpc) is 2.67. The Labute approximate surface area is 140 Å². The number of rotatable bonds is 3. The molecule has 1 atom stereocenters. The van der Waals surface area contributed by atoms with Gasteiger partial charge in [-0.25, -0.2) is 0 Å². The first-order valence-electron chi connectivity index (χ1n) is 7.67. The summed E-state index contributed by atoms with van der Waals surface area (Å²) >= 11 is 1.63. The number of hydrogen-bond donors (Lipinski definition) is 1. The molecule has 1 aliphatic heterocycles. The minimum atomic E-state index is 0.0153. The van der Waals surface area contributed by atoms with E-state index in [1.165, 1.54) is 0 Å². The molecule has 1 aliphatic rings. The lowest BCUT2D eigenvalue weighted by atomic mass is 10.0. The predicted octanol–water partition coefficient (Wildman–Crippen LogP) is 3.29. The SMILES string of the molecule is Cc1nn(C)c2c1C(c1ccc(OC(C)C)cc1)SCC(=O)N2. The quantitative estimate of drug-likeness (QED) is 0.938. The fourth-order valence-electron chi connectivity index (χ4n) is 2.80. The van der Waals surface area contributed by atoms with Gasteiger partial charge in [-0.05, 0) is 38.5 Å². The van der Waals surface area contributed by atoms with Crippen molar-refractivity contribution in [1.29, 1.82) is 0 Å². The summed E-state index contributed by atoms with van der Waals surface area (Å²) in [6.45, 7) is 6.01. The molecule has 0 radical (unpaired) electrons. The molecule has 0 saturated heterocycles. The number of benzene rings is 1. The van der Waals surface area contributed by atoms with Crippen LogP contribution in [0.1, 0.15) is 35.9 Å². The van der Waals surface area contributed by atoms with Gasteiger partial charge in [-0.3, -0.25) is 9.48 Å². The minimum absolute atomic E-state index is 0.0153. The molecule has 23 heavy (non-hydrogen) atoms. The molecule has 1 N–H and O–H groups in total. The van der Waals surface area contributed by atoms with Crippen molar-refractivity contribution in [3.63, 3.8) is 0 Å². The monoisotopic (exact) mass is 331 g/mol. The second kappa shape index (κ2) is 6.28. The van der Waals surface area contributed by atoms with Gasteiger partial charge in [0, 0.05) is 12.6 Å². The summed E-state index contributed by atoms with van der Waals surface area (Å²) in [5.74, 6) is 2.11. The third-order valence-electron chi connectivity index (χ3n) is 3.72. The van der Waals surface area contributed by atoms with Crippen LogP contribution in [-0.2, 0) is 11.8 Å². The molecule has 0 aliphatic carbocycles. The highest BCUT2D eigenvalue weighted by atomic mass is 32.2. The Kier molecular flexibility index (Phi) is 4.35. The number of carbonyl (C=O) groups excluding carboxylic acids is 1. The highest BCUT2D eigenvalue weighted by Crippen LogP contribution is 2.43. The van der Waals surface area contributed by atoms with Gasteiger partial charge in [0.05, 0.1) is 22.8 Å². The summed E-state index contributed by atoms with van der Waals surface area (Å²) < 4.78 is 7.45. The molecule has 1 aromatic carbocycles. The van der Waals surface area contributed by atoms with E-state index >= 15 is 0 Å². The minimum Gasteiger partial charge on any atom is -0.491 e. The first-order chi connectivity index (χ1) is 11.0. The summed E-state index contributed by atoms with van der Waals surface area (Å²) in [5.41, 5.74) is 3.19. The first kappa shape index (κ1) is 15.9. The van der Waals surface area contributed by atoms with E-state index in [4.69, 9.17) is 4.74 Å². The summed E-state index contributed by atoms with van der Waals surface area (Å²) in [5, 5.41) is 7.52. The van der Waals surface area contributed by atoms with E-state index in [-0.39, 0.29) is 17.3 Å².